The maximum Gasteiger partial charge on any atom is 0.254 e. The van der Waals surface area contributed by atoms with Gasteiger partial charge in [0.15, 0.2) is 0 Å². The Morgan fingerprint density at radius 1 is 1.17 bits per heavy atom. The van der Waals surface area contributed by atoms with Gasteiger partial charge in [-0.3, -0.25) is 9.48 Å². The van der Waals surface area contributed by atoms with Gasteiger partial charge < -0.3 is 4.90 Å². The SMILES string of the molecule is CN(C(=O)c1ccc2c(c1)CCCC2)[C@H]1CCCc2c1cnn2C. The maximum atomic E-state index is 13.0. The van der Waals surface area contributed by atoms with Crippen LogP contribution in [0.4, 0.5) is 0 Å². The van der Waals surface area contributed by atoms with Crippen molar-refractivity contribution in [2.75, 3.05) is 7.05 Å². The second kappa shape index (κ2) is 6.08. The van der Waals surface area contributed by atoms with Crippen molar-refractivity contribution in [2.24, 2.45) is 7.05 Å². The number of carbonyl (C=O) groups excluding carboxylic acids is 1. The van der Waals surface area contributed by atoms with Crippen LogP contribution >= 0.6 is 0 Å². The second-order valence-corrected chi connectivity index (χ2v) is 7.18. The zero-order chi connectivity index (χ0) is 16.7. The average molecular weight is 323 g/mol. The molecule has 0 spiro atoms. The van der Waals surface area contributed by atoms with Gasteiger partial charge >= 0.3 is 0 Å². The number of aromatic nitrogens is 2. The van der Waals surface area contributed by atoms with Gasteiger partial charge in [-0.05, 0) is 68.2 Å². The number of carbonyl (C=O) groups is 1. The summed E-state index contributed by atoms with van der Waals surface area (Å²) in [7, 11) is 3.93. The van der Waals surface area contributed by atoms with Gasteiger partial charge in [-0.1, -0.05) is 6.07 Å². The van der Waals surface area contributed by atoms with E-state index in [1.54, 1.807) is 0 Å². The molecule has 4 heteroatoms. The van der Waals surface area contributed by atoms with Gasteiger partial charge in [0.1, 0.15) is 0 Å². The summed E-state index contributed by atoms with van der Waals surface area (Å²) in [6.07, 6.45) is 9.90. The van der Waals surface area contributed by atoms with Crippen molar-refractivity contribution in [1.29, 1.82) is 0 Å². The summed E-state index contributed by atoms with van der Waals surface area (Å²) < 4.78 is 1.96. The molecule has 1 atom stereocenters. The van der Waals surface area contributed by atoms with E-state index in [1.807, 2.05) is 35.9 Å². The summed E-state index contributed by atoms with van der Waals surface area (Å²) in [5, 5.41) is 4.40. The van der Waals surface area contributed by atoms with Crippen molar-refractivity contribution in [2.45, 2.75) is 51.0 Å². The van der Waals surface area contributed by atoms with Gasteiger partial charge in [-0.15, -0.1) is 0 Å². The first kappa shape index (κ1) is 15.4. The minimum atomic E-state index is 0.130. The molecule has 24 heavy (non-hydrogen) atoms. The predicted molar refractivity (Wildman–Crippen MR) is 94.1 cm³/mol. The molecule has 0 radical (unpaired) electrons. The van der Waals surface area contributed by atoms with Gasteiger partial charge in [0.05, 0.1) is 12.2 Å². The highest BCUT2D eigenvalue weighted by molar-refractivity contribution is 5.94. The van der Waals surface area contributed by atoms with Crippen LogP contribution in [0.2, 0.25) is 0 Å². The lowest BCUT2D eigenvalue weighted by molar-refractivity contribution is 0.0714. The van der Waals surface area contributed by atoms with E-state index in [1.165, 1.54) is 35.2 Å². The van der Waals surface area contributed by atoms with Gasteiger partial charge in [0.2, 0.25) is 0 Å². The predicted octanol–water partition coefficient (Wildman–Crippen LogP) is 3.45. The number of rotatable bonds is 2. The van der Waals surface area contributed by atoms with Crippen LogP contribution in [0, 0.1) is 0 Å². The molecule has 0 saturated carbocycles. The Bertz CT molecular complexity index is 777. The molecule has 0 saturated heterocycles. The lowest BCUT2D eigenvalue weighted by Crippen LogP contribution is -2.33. The molecule has 0 aliphatic heterocycles. The Balaban J connectivity index is 1.61. The van der Waals surface area contributed by atoms with E-state index >= 15 is 0 Å². The summed E-state index contributed by atoms with van der Waals surface area (Å²) in [6.45, 7) is 0. The van der Waals surface area contributed by atoms with Crippen LogP contribution in [0.25, 0.3) is 0 Å². The summed E-state index contributed by atoms with van der Waals surface area (Å²) in [5.41, 5.74) is 6.11. The summed E-state index contributed by atoms with van der Waals surface area (Å²) in [5.74, 6) is 0.130. The summed E-state index contributed by atoms with van der Waals surface area (Å²) >= 11 is 0. The topological polar surface area (TPSA) is 38.1 Å². The molecule has 126 valence electrons. The third-order valence-electron chi connectivity index (χ3n) is 5.73. The monoisotopic (exact) mass is 323 g/mol. The zero-order valence-electron chi connectivity index (χ0n) is 14.6. The van der Waals surface area contributed by atoms with Gasteiger partial charge in [-0.25, -0.2) is 0 Å². The first-order valence-electron chi connectivity index (χ1n) is 9.05. The van der Waals surface area contributed by atoms with E-state index in [0.717, 1.165) is 37.7 Å². The summed E-state index contributed by atoms with van der Waals surface area (Å²) in [6, 6.07) is 6.44. The highest BCUT2D eigenvalue weighted by atomic mass is 16.2. The number of nitrogens with zero attached hydrogens (tertiary/aromatic N) is 3. The number of hydrogen-bond acceptors (Lipinski definition) is 2. The standard InChI is InChI=1S/C20H25N3O/c1-22(18-8-5-9-19-17(18)13-21-23(19)2)20(24)16-11-10-14-6-3-4-7-15(14)12-16/h10-13,18H,3-9H2,1-2H3/t18-/m0/s1. The number of benzene rings is 1. The van der Waals surface area contributed by atoms with Crippen LogP contribution in [-0.4, -0.2) is 27.6 Å². The molecule has 4 nitrogen and oxygen atoms in total. The molecule has 0 fully saturated rings. The van der Waals surface area contributed by atoms with Crippen LogP contribution in [0.1, 0.15) is 64.5 Å². The minimum absolute atomic E-state index is 0.130. The van der Waals surface area contributed by atoms with Crippen LogP contribution in [0.5, 0.6) is 0 Å². The quantitative estimate of drug-likeness (QED) is 0.849. The van der Waals surface area contributed by atoms with E-state index in [0.29, 0.717) is 0 Å². The number of fused-ring (bicyclic) bond motifs is 2. The number of hydrogen-bond donors (Lipinski definition) is 0. The minimum Gasteiger partial charge on any atom is -0.335 e. The Kier molecular flexibility index (Phi) is 3.91. The third-order valence-corrected chi connectivity index (χ3v) is 5.73. The number of aryl methyl sites for hydroxylation is 3. The lowest BCUT2D eigenvalue weighted by Gasteiger charge is -2.32. The normalized spacial score (nSPS) is 19.5. The smallest absolute Gasteiger partial charge is 0.254 e. The van der Waals surface area contributed by atoms with Gasteiger partial charge in [0, 0.05) is 30.9 Å². The van der Waals surface area contributed by atoms with Crippen molar-refractivity contribution in [3.05, 3.63) is 52.3 Å². The molecule has 1 heterocycles. The van der Waals surface area contributed by atoms with Crippen LogP contribution in [-0.2, 0) is 26.3 Å². The molecule has 2 aliphatic carbocycles. The fourth-order valence-corrected chi connectivity index (χ4v) is 4.30. The van der Waals surface area contributed by atoms with Gasteiger partial charge in [-0.2, -0.15) is 5.10 Å². The molecule has 0 unspecified atom stereocenters. The molecule has 2 aliphatic rings. The van der Waals surface area contributed by atoms with Crippen molar-refractivity contribution < 1.29 is 4.79 Å². The third kappa shape index (κ3) is 2.54. The molecule has 1 aromatic heterocycles. The van der Waals surface area contributed by atoms with E-state index in [2.05, 4.69) is 17.2 Å². The Hall–Kier alpha value is -2.10. The van der Waals surface area contributed by atoms with E-state index in [-0.39, 0.29) is 11.9 Å². The Labute approximate surface area is 143 Å². The first-order chi connectivity index (χ1) is 11.6. The second-order valence-electron chi connectivity index (χ2n) is 7.18. The van der Waals surface area contributed by atoms with Crippen molar-refractivity contribution >= 4 is 5.91 Å². The molecular formula is C20H25N3O. The fraction of sp³-hybridized carbons (Fsp3) is 0.500. The van der Waals surface area contributed by atoms with E-state index in [9.17, 15) is 4.79 Å². The molecule has 0 N–H and O–H groups in total. The fourth-order valence-electron chi connectivity index (χ4n) is 4.30. The lowest BCUT2D eigenvalue weighted by atomic mass is 9.89. The van der Waals surface area contributed by atoms with Crippen molar-refractivity contribution in [1.82, 2.24) is 14.7 Å². The molecule has 2 aromatic rings. The number of amides is 1. The molecule has 1 amide bonds. The average Bonchev–Trinajstić information content (AvgIpc) is 3.01. The molecule has 0 bridgehead atoms. The van der Waals surface area contributed by atoms with Crippen molar-refractivity contribution in [3.8, 4) is 0 Å². The van der Waals surface area contributed by atoms with Crippen LogP contribution < -0.4 is 0 Å². The zero-order valence-corrected chi connectivity index (χ0v) is 14.6. The largest absolute Gasteiger partial charge is 0.335 e. The molecule has 1 aromatic carbocycles. The summed E-state index contributed by atoms with van der Waals surface area (Å²) in [4.78, 5) is 15.0. The Morgan fingerprint density at radius 3 is 2.79 bits per heavy atom. The highest BCUT2D eigenvalue weighted by Gasteiger charge is 2.29. The van der Waals surface area contributed by atoms with E-state index < -0.39 is 0 Å². The Morgan fingerprint density at radius 2 is 1.96 bits per heavy atom. The van der Waals surface area contributed by atoms with Crippen molar-refractivity contribution in [3.63, 3.8) is 0 Å². The van der Waals surface area contributed by atoms with Crippen LogP contribution in [0.3, 0.4) is 0 Å². The van der Waals surface area contributed by atoms with E-state index in [4.69, 9.17) is 0 Å². The van der Waals surface area contributed by atoms with Gasteiger partial charge in [0.25, 0.3) is 5.91 Å². The first-order valence-corrected chi connectivity index (χ1v) is 9.05. The molecule has 4 rings (SSSR count). The molecular weight excluding hydrogens is 298 g/mol. The van der Waals surface area contributed by atoms with Crippen LogP contribution in [0.15, 0.2) is 24.4 Å². The highest BCUT2D eigenvalue weighted by Crippen LogP contribution is 2.34. The maximum absolute atomic E-state index is 13.0.